The monoisotopic (exact) mass is 340 g/mol. The fourth-order valence-electron chi connectivity index (χ4n) is 3.08. The van der Waals surface area contributed by atoms with Crippen molar-refractivity contribution in [3.05, 3.63) is 65.7 Å². The molecule has 2 aromatic carbocycles. The summed E-state index contributed by atoms with van der Waals surface area (Å²) in [4.78, 5) is 1.19. The summed E-state index contributed by atoms with van der Waals surface area (Å²) in [5, 5.41) is 9.01. The molecule has 2 atom stereocenters. The Morgan fingerprint density at radius 1 is 1.17 bits per heavy atom. The highest BCUT2D eigenvalue weighted by atomic mass is 32.2. The molecule has 1 aliphatic heterocycles. The number of benzene rings is 2. The van der Waals surface area contributed by atoms with Gasteiger partial charge in [-0.3, -0.25) is 0 Å². The summed E-state index contributed by atoms with van der Waals surface area (Å²) >= 11 is 3.71. The van der Waals surface area contributed by atoms with Crippen LogP contribution in [-0.2, 0) is 0 Å². The molecule has 0 radical (unpaired) electrons. The van der Waals surface area contributed by atoms with Crippen LogP contribution in [0.2, 0.25) is 0 Å². The van der Waals surface area contributed by atoms with Gasteiger partial charge >= 0.3 is 0 Å². The van der Waals surface area contributed by atoms with Crippen molar-refractivity contribution in [2.75, 3.05) is 18.6 Å². The summed E-state index contributed by atoms with van der Waals surface area (Å²) in [6.45, 7) is 1.12. The molecule has 3 rings (SSSR count). The largest absolute Gasteiger partial charge is 0.246 e. The highest BCUT2D eigenvalue weighted by Crippen LogP contribution is 2.37. The molecule has 0 bridgehead atoms. The third kappa shape index (κ3) is 4.11. The average molecular weight is 341 g/mol. The van der Waals surface area contributed by atoms with Gasteiger partial charge in [0.05, 0.1) is 11.6 Å². The Morgan fingerprint density at radius 3 is 2.74 bits per heavy atom. The van der Waals surface area contributed by atoms with Gasteiger partial charge in [-0.15, -0.1) is 11.8 Å². The van der Waals surface area contributed by atoms with Crippen molar-refractivity contribution in [1.82, 2.24) is 4.31 Å². The van der Waals surface area contributed by atoms with Gasteiger partial charge in [0.2, 0.25) is 0 Å². The van der Waals surface area contributed by atoms with Crippen LogP contribution in [0.15, 0.2) is 59.5 Å². The Labute approximate surface area is 147 Å². The minimum atomic E-state index is 0.575. The molecule has 1 aliphatic rings. The molecule has 0 aliphatic carbocycles. The lowest BCUT2D eigenvalue weighted by Gasteiger charge is -2.20. The maximum atomic E-state index is 9.01. The zero-order valence-electron chi connectivity index (χ0n) is 13.2. The zero-order chi connectivity index (χ0) is 16.1. The van der Waals surface area contributed by atoms with Crippen LogP contribution in [0.25, 0.3) is 0 Å². The number of nitrogens with zero attached hydrogens (tertiary/aromatic N) is 2. The van der Waals surface area contributed by atoms with E-state index in [1.54, 1.807) is 0 Å². The molecule has 0 aromatic heterocycles. The van der Waals surface area contributed by atoms with Gasteiger partial charge in [-0.05, 0) is 42.4 Å². The van der Waals surface area contributed by atoms with Crippen molar-refractivity contribution < 1.29 is 0 Å². The maximum absolute atomic E-state index is 9.01. The third-order valence-corrected chi connectivity index (χ3v) is 6.33. The Balaban J connectivity index is 1.64. The first-order chi connectivity index (χ1) is 11.3. The van der Waals surface area contributed by atoms with Crippen LogP contribution < -0.4 is 0 Å². The quantitative estimate of drug-likeness (QED) is 0.578. The highest BCUT2D eigenvalue weighted by Gasteiger charge is 2.32. The summed E-state index contributed by atoms with van der Waals surface area (Å²) in [6.07, 6.45) is 3.37. The predicted molar refractivity (Wildman–Crippen MR) is 99.7 cm³/mol. The molecule has 1 saturated heterocycles. The van der Waals surface area contributed by atoms with E-state index in [2.05, 4.69) is 53.0 Å². The van der Waals surface area contributed by atoms with Crippen molar-refractivity contribution in [3.63, 3.8) is 0 Å². The molecule has 1 fully saturated rings. The maximum Gasteiger partial charge on any atom is 0.0992 e. The second-order valence-electron chi connectivity index (χ2n) is 5.73. The van der Waals surface area contributed by atoms with E-state index < -0.39 is 0 Å². The van der Waals surface area contributed by atoms with Crippen LogP contribution in [-0.4, -0.2) is 28.9 Å². The van der Waals surface area contributed by atoms with E-state index in [0.717, 1.165) is 17.9 Å². The fraction of sp³-hybridized carbons (Fsp3) is 0.316. The normalized spacial score (nSPS) is 21.2. The molecule has 0 amide bonds. The first-order valence-electron chi connectivity index (χ1n) is 7.79. The van der Waals surface area contributed by atoms with E-state index in [0.29, 0.717) is 12.0 Å². The summed E-state index contributed by atoms with van der Waals surface area (Å²) < 4.78 is 2.51. The van der Waals surface area contributed by atoms with Crippen molar-refractivity contribution in [3.8, 4) is 6.07 Å². The number of thioether (sulfide) groups is 1. The van der Waals surface area contributed by atoms with Crippen molar-refractivity contribution in [2.24, 2.45) is 0 Å². The molecular weight excluding hydrogens is 320 g/mol. The Morgan fingerprint density at radius 2 is 2.00 bits per heavy atom. The summed E-state index contributed by atoms with van der Waals surface area (Å²) in [5.74, 6) is 1.69. The zero-order valence-corrected chi connectivity index (χ0v) is 14.8. The second kappa shape index (κ2) is 7.92. The van der Waals surface area contributed by atoms with E-state index in [9.17, 15) is 0 Å². The van der Waals surface area contributed by atoms with Gasteiger partial charge in [0.25, 0.3) is 0 Å². The van der Waals surface area contributed by atoms with Crippen LogP contribution in [0.4, 0.5) is 0 Å². The lowest BCUT2D eigenvalue weighted by molar-refractivity contribution is 0.474. The van der Waals surface area contributed by atoms with Gasteiger partial charge in [0.15, 0.2) is 0 Å². The molecule has 2 aromatic rings. The molecule has 2 nitrogen and oxygen atoms in total. The average Bonchev–Trinajstić information content (AvgIpc) is 3.04. The lowest BCUT2D eigenvalue weighted by atomic mass is 9.97. The molecule has 1 heterocycles. The number of hydrogen-bond acceptors (Lipinski definition) is 4. The van der Waals surface area contributed by atoms with E-state index in [-0.39, 0.29) is 0 Å². The topological polar surface area (TPSA) is 27.0 Å². The molecule has 118 valence electrons. The van der Waals surface area contributed by atoms with Crippen LogP contribution >= 0.6 is 23.7 Å². The van der Waals surface area contributed by atoms with E-state index in [1.165, 1.54) is 16.9 Å². The van der Waals surface area contributed by atoms with Crippen molar-refractivity contribution in [1.29, 1.82) is 5.26 Å². The van der Waals surface area contributed by atoms with E-state index in [4.69, 9.17) is 5.26 Å². The van der Waals surface area contributed by atoms with Crippen LogP contribution in [0.5, 0.6) is 0 Å². The first-order valence-corrected chi connectivity index (χ1v) is 9.95. The summed E-state index contributed by atoms with van der Waals surface area (Å²) in [6, 6.07) is 21.5. The fourth-order valence-corrected chi connectivity index (χ4v) is 5.04. The SMILES string of the molecule is CSN1CC(c2ccccc2)CC1CSc1cccc(C#N)c1. The minimum Gasteiger partial charge on any atom is -0.246 e. The molecule has 4 heteroatoms. The smallest absolute Gasteiger partial charge is 0.0992 e. The van der Waals surface area contributed by atoms with Crippen LogP contribution in [0.1, 0.15) is 23.5 Å². The Hall–Kier alpha value is -1.41. The number of hydrogen-bond donors (Lipinski definition) is 0. The van der Waals surface area contributed by atoms with Gasteiger partial charge in [-0.25, -0.2) is 4.31 Å². The molecular formula is C19H20N2S2. The Bertz CT molecular complexity index is 681. The van der Waals surface area contributed by atoms with Gasteiger partial charge in [-0.2, -0.15) is 5.26 Å². The lowest BCUT2D eigenvalue weighted by Crippen LogP contribution is -2.24. The Kier molecular flexibility index (Phi) is 5.66. The third-order valence-electron chi connectivity index (χ3n) is 4.28. The van der Waals surface area contributed by atoms with Gasteiger partial charge in [0.1, 0.15) is 0 Å². The second-order valence-corrected chi connectivity index (χ2v) is 7.66. The van der Waals surface area contributed by atoms with Crippen LogP contribution in [0, 0.1) is 11.3 Å². The highest BCUT2D eigenvalue weighted by molar-refractivity contribution is 7.99. The standard InChI is InChI=1S/C19H20N2S2/c1-22-21-13-17(16-7-3-2-4-8-16)11-18(21)14-23-19-9-5-6-15(10-19)12-20/h2-10,17-18H,11,13-14H2,1H3. The van der Waals surface area contributed by atoms with Crippen molar-refractivity contribution in [2.45, 2.75) is 23.3 Å². The van der Waals surface area contributed by atoms with Crippen LogP contribution in [0.3, 0.4) is 0 Å². The van der Waals surface area contributed by atoms with Gasteiger partial charge in [0, 0.05) is 23.2 Å². The molecule has 0 N–H and O–H groups in total. The van der Waals surface area contributed by atoms with E-state index in [1.807, 2.05) is 41.9 Å². The minimum absolute atomic E-state index is 0.575. The molecule has 2 unspecified atom stereocenters. The number of rotatable bonds is 5. The number of nitriles is 1. The van der Waals surface area contributed by atoms with Gasteiger partial charge in [-0.1, -0.05) is 48.3 Å². The first kappa shape index (κ1) is 16.4. The van der Waals surface area contributed by atoms with Gasteiger partial charge < -0.3 is 0 Å². The van der Waals surface area contributed by atoms with E-state index >= 15 is 0 Å². The molecule has 23 heavy (non-hydrogen) atoms. The molecule has 0 spiro atoms. The predicted octanol–water partition coefficient (Wildman–Crippen LogP) is 4.79. The summed E-state index contributed by atoms with van der Waals surface area (Å²) in [7, 11) is 0. The van der Waals surface area contributed by atoms with Crippen molar-refractivity contribution >= 4 is 23.7 Å². The summed E-state index contributed by atoms with van der Waals surface area (Å²) in [5.41, 5.74) is 2.19. The molecule has 0 saturated carbocycles.